The van der Waals surface area contributed by atoms with Crippen molar-refractivity contribution in [3.63, 3.8) is 0 Å². The van der Waals surface area contributed by atoms with Crippen LogP contribution in [-0.2, 0) is 22.2 Å². The van der Waals surface area contributed by atoms with Crippen molar-refractivity contribution in [2.75, 3.05) is 39.8 Å². The fourth-order valence-electron chi connectivity index (χ4n) is 4.14. The number of rotatable bonds is 9. The molecule has 1 aliphatic heterocycles. The van der Waals surface area contributed by atoms with Crippen molar-refractivity contribution >= 4 is 16.7 Å². The van der Waals surface area contributed by atoms with Gasteiger partial charge in [-0.25, -0.2) is 0 Å². The maximum absolute atomic E-state index is 12.6. The topological polar surface area (TPSA) is 74.3 Å². The molecule has 184 valence electrons. The zero-order valence-corrected chi connectivity index (χ0v) is 21.1. The molecule has 3 aromatic rings. The second-order valence-electron chi connectivity index (χ2n) is 8.34. The maximum Gasteiger partial charge on any atom is 0.234 e. The van der Waals surface area contributed by atoms with Crippen LogP contribution in [0.25, 0.3) is 0 Å². The van der Waals surface area contributed by atoms with E-state index in [4.69, 9.17) is 18.9 Å². The summed E-state index contributed by atoms with van der Waals surface area (Å²) in [5.41, 5.74) is 2.81. The summed E-state index contributed by atoms with van der Waals surface area (Å²) >= 11 is 0. The minimum Gasteiger partial charge on any atom is -0.493 e. The van der Waals surface area contributed by atoms with Crippen LogP contribution in [-0.4, -0.2) is 54.8 Å². The molecule has 0 aromatic heterocycles. The van der Waals surface area contributed by atoms with Gasteiger partial charge in [0.2, 0.25) is 5.91 Å². The lowest BCUT2D eigenvalue weighted by Crippen LogP contribution is -2.35. The van der Waals surface area contributed by atoms with Crippen LogP contribution in [0.2, 0.25) is 0 Å². The van der Waals surface area contributed by atoms with E-state index in [9.17, 15) is 9.00 Å². The highest BCUT2D eigenvalue weighted by Gasteiger charge is 2.33. The van der Waals surface area contributed by atoms with Crippen LogP contribution in [0, 0.1) is 0 Å². The molecule has 35 heavy (non-hydrogen) atoms. The summed E-state index contributed by atoms with van der Waals surface area (Å²) < 4.78 is 35.2. The zero-order chi connectivity index (χ0) is 24.9. The van der Waals surface area contributed by atoms with Crippen molar-refractivity contribution in [1.82, 2.24) is 4.90 Å². The number of methoxy groups -OCH3 is 2. The number of benzene rings is 3. The number of carbonyl (C=O) groups excluding carboxylic acids is 1. The molecule has 0 saturated carbocycles. The molecule has 7 nitrogen and oxygen atoms in total. The van der Waals surface area contributed by atoms with Gasteiger partial charge >= 0.3 is 0 Å². The third kappa shape index (κ3) is 5.43. The van der Waals surface area contributed by atoms with Crippen LogP contribution >= 0.6 is 0 Å². The highest BCUT2D eigenvalue weighted by molar-refractivity contribution is 7.85. The minimum atomic E-state index is -1.22. The predicted octanol–water partition coefficient (Wildman–Crippen LogP) is 4.36. The summed E-state index contributed by atoms with van der Waals surface area (Å²) in [5.74, 6) is 2.52. The summed E-state index contributed by atoms with van der Waals surface area (Å²) in [6.07, 6.45) is 1.53. The average molecular weight is 496 g/mol. The van der Waals surface area contributed by atoms with Gasteiger partial charge in [-0.05, 0) is 17.7 Å². The number of hydrogen-bond donors (Lipinski definition) is 0. The van der Waals surface area contributed by atoms with Crippen LogP contribution in [0.3, 0.4) is 0 Å². The molecular formula is C27H29NO6S. The molecule has 1 heterocycles. The highest BCUT2D eigenvalue weighted by Crippen LogP contribution is 2.51. The van der Waals surface area contributed by atoms with E-state index >= 15 is 0 Å². The van der Waals surface area contributed by atoms with Gasteiger partial charge in [0.1, 0.15) is 18.1 Å². The normalized spacial score (nSPS) is 14.7. The molecule has 0 aliphatic carbocycles. The Balaban J connectivity index is 1.73. The predicted molar refractivity (Wildman–Crippen MR) is 135 cm³/mol. The summed E-state index contributed by atoms with van der Waals surface area (Å²) in [6, 6.07) is 19.4. The Morgan fingerprint density at radius 3 is 2.37 bits per heavy atom. The van der Waals surface area contributed by atoms with E-state index in [0.717, 1.165) is 16.7 Å². The lowest BCUT2D eigenvalue weighted by Gasteiger charge is -2.32. The molecule has 0 spiro atoms. The number of ether oxygens (including phenoxy) is 4. The largest absolute Gasteiger partial charge is 0.493 e. The number of likely N-dealkylation sites (N-methyl/N-ethyl adjacent to an activating group) is 1. The third-order valence-electron chi connectivity index (χ3n) is 5.93. The molecule has 0 bridgehead atoms. The van der Waals surface area contributed by atoms with Crippen LogP contribution < -0.4 is 18.9 Å². The van der Waals surface area contributed by atoms with Gasteiger partial charge in [0, 0.05) is 53.8 Å². The molecule has 0 radical (unpaired) electrons. The second kappa shape index (κ2) is 10.8. The van der Waals surface area contributed by atoms with Crippen LogP contribution in [0.4, 0.5) is 0 Å². The number of amides is 1. The smallest absolute Gasteiger partial charge is 0.234 e. The van der Waals surface area contributed by atoms with Gasteiger partial charge in [-0.3, -0.25) is 9.00 Å². The van der Waals surface area contributed by atoms with E-state index < -0.39 is 10.8 Å². The lowest BCUT2D eigenvalue weighted by atomic mass is 9.87. The Kier molecular flexibility index (Phi) is 7.60. The van der Waals surface area contributed by atoms with Crippen molar-refractivity contribution in [3.8, 4) is 28.7 Å². The van der Waals surface area contributed by atoms with Gasteiger partial charge in [0.05, 0.1) is 14.2 Å². The molecule has 3 aromatic carbocycles. The molecule has 2 unspecified atom stereocenters. The van der Waals surface area contributed by atoms with E-state index in [1.807, 2.05) is 54.6 Å². The van der Waals surface area contributed by atoms with Gasteiger partial charge in [0.25, 0.3) is 0 Å². The molecule has 0 fully saturated rings. The van der Waals surface area contributed by atoms with E-state index in [1.54, 1.807) is 32.2 Å². The van der Waals surface area contributed by atoms with Crippen molar-refractivity contribution < 1.29 is 28.0 Å². The van der Waals surface area contributed by atoms with Gasteiger partial charge in [0.15, 0.2) is 23.0 Å². The first-order valence-corrected chi connectivity index (χ1v) is 12.9. The first kappa shape index (κ1) is 24.6. The number of nitrogens with zero attached hydrogens (tertiary/aromatic N) is 1. The fraction of sp³-hybridized carbons (Fsp3) is 0.296. The Morgan fingerprint density at radius 1 is 0.971 bits per heavy atom. The van der Waals surface area contributed by atoms with Crippen molar-refractivity contribution in [1.29, 1.82) is 0 Å². The average Bonchev–Trinajstić information content (AvgIpc) is 2.86. The van der Waals surface area contributed by atoms with Gasteiger partial charge in [-0.2, -0.15) is 0 Å². The quantitative estimate of drug-likeness (QED) is 0.439. The Labute approximate surface area is 208 Å². The Morgan fingerprint density at radius 2 is 1.69 bits per heavy atom. The monoisotopic (exact) mass is 495 g/mol. The number of fused-ring (bicyclic) bond motifs is 2. The second-order valence-corrected chi connectivity index (χ2v) is 9.78. The van der Waals surface area contributed by atoms with Crippen molar-refractivity contribution in [2.45, 2.75) is 12.5 Å². The SMILES string of the molecule is COc1cc2c(cc1OC)C(CN(C)C(=O)CS(C)=O)c1cccc(OCc3ccccc3)c1O2. The first-order chi connectivity index (χ1) is 16.9. The Bertz CT molecular complexity index is 1230. The minimum absolute atomic E-state index is 0.0222. The molecule has 0 N–H and O–H groups in total. The van der Waals surface area contributed by atoms with E-state index in [2.05, 4.69) is 0 Å². The van der Waals surface area contributed by atoms with Gasteiger partial charge < -0.3 is 23.8 Å². The zero-order valence-electron chi connectivity index (χ0n) is 20.3. The van der Waals surface area contributed by atoms with Gasteiger partial charge in [-0.1, -0.05) is 42.5 Å². The fourth-order valence-corrected chi connectivity index (χ4v) is 4.70. The molecule has 0 saturated heterocycles. The van der Waals surface area contributed by atoms with E-state index in [1.165, 1.54) is 6.26 Å². The summed E-state index contributed by atoms with van der Waals surface area (Å²) in [5, 5.41) is 0. The molecule has 2 atom stereocenters. The van der Waals surface area contributed by atoms with E-state index in [0.29, 0.717) is 41.9 Å². The molecule has 4 rings (SSSR count). The number of carbonyl (C=O) groups is 1. The third-order valence-corrected chi connectivity index (χ3v) is 6.59. The Hall–Kier alpha value is -3.52. The maximum atomic E-state index is 12.6. The van der Waals surface area contributed by atoms with Gasteiger partial charge in [-0.15, -0.1) is 0 Å². The van der Waals surface area contributed by atoms with Crippen LogP contribution in [0.1, 0.15) is 22.6 Å². The summed E-state index contributed by atoms with van der Waals surface area (Å²) in [7, 11) is 3.66. The summed E-state index contributed by atoms with van der Waals surface area (Å²) in [4.78, 5) is 14.2. The molecule has 8 heteroatoms. The van der Waals surface area contributed by atoms with Crippen molar-refractivity contribution in [3.05, 3.63) is 77.4 Å². The standard InChI is InChI=1S/C27H29NO6S/c1-28(26(29)17-35(4)30)15-21-19-11-8-12-22(33-16-18-9-6-5-7-10-18)27(19)34-23-14-25(32-3)24(31-2)13-20(21)23/h5-14,21H,15-17H2,1-4H3. The molecular weight excluding hydrogens is 466 g/mol. The van der Waals surface area contributed by atoms with E-state index in [-0.39, 0.29) is 17.6 Å². The number of para-hydroxylation sites is 1. The van der Waals surface area contributed by atoms with Crippen LogP contribution in [0.5, 0.6) is 28.7 Å². The summed E-state index contributed by atoms with van der Waals surface area (Å²) in [6.45, 7) is 0.766. The number of hydrogen-bond acceptors (Lipinski definition) is 6. The highest BCUT2D eigenvalue weighted by atomic mass is 32.2. The molecule has 1 amide bonds. The van der Waals surface area contributed by atoms with Crippen molar-refractivity contribution in [2.24, 2.45) is 0 Å². The first-order valence-electron chi connectivity index (χ1n) is 11.2. The molecule has 1 aliphatic rings. The van der Waals surface area contributed by atoms with Crippen LogP contribution in [0.15, 0.2) is 60.7 Å². The lowest BCUT2D eigenvalue weighted by molar-refractivity contribution is -0.127.